The normalized spacial score (nSPS) is 11.0. The molecule has 3 heterocycles. The molecule has 3 aromatic heterocycles. The Kier molecular flexibility index (Phi) is 4.03. The van der Waals surface area contributed by atoms with E-state index in [1.165, 1.54) is 11.3 Å². The van der Waals surface area contributed by atoms with Crippen LogP contribution >= 0.6 is 11.3 Å². The van der Waals surface area contributed by atoms with Gasteiger partial charge in [-0.2, -0.15) is 5.10 Å². The number of ketones is 1. The van der Waals surface area contributed by atoms with Crippen LogP contribution < -0.4 is 0 Å². The van der Waals surface area contributed by atoms with Crippen LogP contribution in [0.3, 0.4) is 0 Å². The molecule has 0 bridgehead atoms. The topological polar surface area (TPSA) is 60.7 Å². The summed E-state index contributed by atoms with van der Waals surface area (Å²) in [5.74, 6) is 0.387. The lowest BCUT2D eigenvalue weighted by atomic mass is 10.1. The van der Waals surface area contributed by atoms with Gasteiger partial charge in [-0.15, -0.1) is 11.3 Å². The van der Waals surface area contributed by atoms with E-state index in [0.717, 1.165) is 11.3 Å². The average molecular weight is 382 g/mol. The molecule has 0 aliphatic heterocycles. The SMILES string of the molecule is O=C(c1cccs1)c1nc(-c2ccccc2)nc2c1cnn2-c1ccccc1. The zero-order chi connectivity index (χ0) is 18.9. The van der Waals surface area contributed by atoms with Gasteiger partial charge in [0.25, 0.3) is 0 Å². The first-order valence-electron chi connectivity index (χ1n) is 8.76. The van der Waals surface area contributed by atoms with Crippen molar-refractivity contribution in [1.82, 2.24) is 19.7 Å². The lowest BCUT2D eigenvalue weighted by molar-refractivity contribution is 0.103. The molecule has 0 unspecified atom stereocenters. The molecule has 0 spiro atoms. The van der Waals surface area contributed by atoms with E-state index in [1.54, 1.807) is 10.9 Å². The molecule has 0 atom stereocenters. The Morgan fingerprint density at radius 1 is 0.857 bits per heavy atom. The van der Waals surface area contributed by atoms with Crippen LogP contribution in [0.4, 0.5) is 0 Å². The summed E-state index contributed by atoms with van der Waals surface area (Å²) in [6, 6.07) is 23.1. The van der Waals surface area contributed by atoms with Gasteiger partial charge < -0.3 is 0 Å². The van der Waals surface area contributed by atoms with Crippen molar-refractivity contribution in [2.24, 2.45) is 0 Å². The summed E-state index contributed by atoms with van der Waals surface area (Å²) in [7, 11) is 0. The first-order valence-corrected chi connectivity index (χ1v) is 9.64. The number of thiophene rings is 1. The molecule has 28 heavy (non-hydrogen) atoms. The van der Waals surface area contributed by atoms with Crippen LogP contribution in [-0.4, -0.2) is 25.5 Å². The standard InChI is InChI=1S/C22H14N4OS/c27-20(18-12-7-13-28-18)19-17-14-23-26(16-10-5-2-6-11-16)22(17)25-21(24-19)15-8-3-1-4-9-15/h1-14H. The van der Waals surface area contributed by atoms with Crippen LogP contribution in [0.5, 0.6) is 0 Å². The predicted octanol–water partition coefficient (Wildman–Crippen LogP) is 4.78. The number of hydrogen-bond donors (Lipinski definition) is 0. The van der Waals surface area contributed by atoms with Gasteiger partial charge >= 0.3 is 0 Å². The molecular formula is C22H14N4OS. The van der Waals surface area contributed by atoms with Crippen molar-refractivity contribution in [2.45, 2.75) is 0 Å². The highest BCUT2D eigenvalue weighted by atomic mass is 32.1. The van der Waals surface area contributed by atoms with Crippen molar-refractivity contribution in [1.29, 1.82) is 0 Å². The van der Waals surface area contributed by atoms with E-state index in [-0.39, 0.29) is 5.78 Å². The second kappa shape index (κ2) is 6.83. The highest BCUT2D eigenvalue weighted by Crippen LogP contribution is 2.26. The summed E-state index contributed by atoms with van der Waals surface area (Å²) in [6.45, 7) is 0. The minimum Gasteiger partial charge on any atom is -0.286 e. The van der Waals surface area contributed by atoms with Crippen molar-refractivity contribution >= 4 is 28.2 Å². The maximum Gasteiger partial charge on any atom is 0.222 e. The third-order valence-electron chi connectivity index (χ3n) is 4.42. The lowest BCUT2D eigenvalue weighted by Crippen LogP contribution is -2.07. The van der Waals surface area contributed by atoms with Crippen LogP contribution in [0.25, 0.3) is 28.1 Å². The molecule has 134 valence electrons. The van der Waals surface area contributed by atoms with E-state index in [0.29, 0.717) is 27.4 Å². The molecule has 0 saturated heterocycles. The number of nitrogens with zero attached hydrogens (tertiary/aromatic N) is 4. The quantitative estimate of drug-likeness (QED) is 0.420. The monoisotopic (exact) mass is 382 g/mol. The Bertz CT molecular complexity index is 1260. The van der Waals surface area contributed by atoms with Crippen molar-refractivity contribution in [2.75, 3.05) is 0 Å². The number of para-hydroxylation sites is 1. The summed E-state index contributed by atoms with van der Waals surface area (Å²) in [5.41, 5.74) is 2.71. The summed E-state index contributed by atoms with van der Waals surface area (Å²) in [6.07, 6.45) is 1.66. The molecule has 0 fully saturated rings. The average Bonchev–Trinajstić information content (AvgIpc) is 3.44. The van der Waals surface area contributed by atoms with Crippen LogP contribution in [0.15, 0.2) is 84.4 Å². The molecule has 0 saturated carbocycles. The van der Waals surface area contributed by atoms with E-state index in [2.05, 4.69) is 10.1 Å². The molecule has 0 aliphatic rings. The van der Waals surface area contributed by atoms with Gasteiger partial charge in [-0.1, -0.05) is 54.6 Å². The van der Waals surface area contributed by atoms with Gasteiger partial charge in [0.05, 0.1) is 22.1 Å². The van der Waals surface area contributed by atoms with Crippen LogP contribution in [0.2, 0.25) is 0 Å². The van der Waals surface area contributed by atoms with Crippen LogP contribution in [0, 0.1) is 0 Å². The first-order chi connectivity index (χ1) is 13.8. The Hall–Kier alpha value is -3.64. The van der Waals surface area contributed by atoms with Crippen molar-refractivity contribution in [3.8, 4) is 17.1 Å². The zero-order valence-electron chi connectivity index (χ0n) is 14.7. The number of hydrogen-bond acceptors (Lipinski definition) is 5. The van der Waals surface area contributed by atoms with Gasteiger partial charge in [0.2, 0.25) is 5.78 Å². The summed E-state index contributed by atoms with van der Waals surface area (Å²) in [5, 5.41) is 7.02. The molecule has 0 amide bonds. The van der Waals surface area contributed by atoms with Gasteiger partial charge in [-0.3, -0.25) is 4.79 Å². The summed E-state index contributed by atoms with van der Waals surface area (Å²) >= 11 is 1.40. The van der Waals surface area contributed by atoms with Gasteiger partial charge in [-0.05, 0) is 23.6 Å². The number of carbonyl (C=O) groups is 1. The van der Waals surface area contributed by atoms with E-state index in [4.69, 9.17) is 4.98 Å². The summed E-state index contributed by atoms with van der Waals surface area (Å²) in [4.78, 5) is 23.2. The molecule has 0 aliphatic carbocycles. The minimum absolute atomic E-state index is 0.118. The van der Waals surface area contributed by atoms with Gasteiger partial charge in [-0.25, -0.2) is 14.6 Å². The number of fused-ring (bicyclic) bond motifs is 1. The van der Waals surface area contributed by atoms with E-state index in [1.807, 2.05) is 78.2 Å². The largest absolute Gasteiger partial charge is 0.286 e. The summed E-state index contributed by atoms with van der Waals surface area (Å²) < 4.78 is 1.74. The molecule has 2 aromatic carbocycles. The van der Waals surface area contributed by atoms with E-state index >= 15 is 0 Å². The van der Waals surface area contributed by atoms with Crippen LogP contribution in [0.1, 0.15) is 15.4 Å². The highest BCUT2D eigenvalue weighted by Gasteiger charge is 2.21. The number of aromatic nitrogens is 4. The minimum atomic E-state index is -0.118. The first kappa shape index (κ1) is 16.5. The van der Waals surface area contributed by atoms with E-state index < -0.39 is 0 Å². The van der Waals surface area contributed by atoms with Crippen LogP contribution in [-0.2, 0) is 0 Å². The maximum atomic E-state index is 13.1. The maximum absolute atomic E-state index is 13.1. The fraction of sp³-hybridized carbons (Fsp3) is 0. The second-order valence-electron chi connectivity index (χ2n) is 6.20. The third kappa shape index (κ3) is 2.80. The smallest absolute Gasteiger partial charge is 0.222 e. The Morgan fingerprint density at radius 2 is 1.61 bits per heavy atom. The molecule has 5 aromatic rings. The predicted molar refractivity (Wildman–Crippen MR) is 110 cm³/mol. The molecular weight excluding hydrogens is 368 g/mol. The number of carbonyl (C=O) groups excluding carboxylic acids is 1. The van der Waals surface area contributed by atoms with Gasteiger partial charge in [0.1, 0.15) is 5.69 Å². The Morgan fingerprint density at radius 3 is 2.32 bits per heavy atom. The van der Waals surface area contributed by atoms with Crippen molar-refractivity contribution in [3.05, 3.63) is 94.9 Å². The van der Waals surface area contributed by atoms with Crippen molar-refractivity contribution < 1.29 is 4.79 Å². The molecule has 6 heteroatoms. The van der Waals surface area contributed by atoms with Gasteiger partial charge in [0.15, 0.2) is 11.5 Å². The number of rotatable bonds is 4. The second-order valence-corrected chi connectivity index (χ2v) is 7.15. The lowest BCUT2D eigenvalue weighted by Gasteiger charge is -2.07. The highest BCUT2D eigenvalue weighted by molar-refractivity contribution is 7.12. The molecule has 5 nitrogen and oxygen atoms in total. The molecule has 5 rings (SSSR count). The zero-order valence-corrected chi connectivity index (χ0v) is 15.5. The molecule has 0 radical (unpaired) electrons. The Balaban J connectivity index is 1.79. The fourth-order valence-corrected chi connectivity index (χ4v) is 3.74. The van der Waals surface area contributed by atoms with Crippen molar-refractivity contribution in [3.63, 3.8) is 0 Å². The number of benzene rings is 2. The van der Waals surface area contributed by atoms with E-state index in [9.17, 15) is 4.79 Å². The van der Waals surface area contributed by atoms with Gasteiger partial charge in [0, 0.05) is 5.56 Å². The Labute approximate surface area is 164 Å². The molecule has 0 N–H and O–H groups in total. The third-order valence-corrected chi connectivity index (χ3v) is 5.29. The fourth-order valence-electron chi connectivity index (χ4n) is 3.08.